The topological polar surface area (TPSA) is 328 Å². The third-order valence-corrected chi connectivity index (χ3v) is 12.0. The van der Waals surface area contributed by atoms with Crippen molar-refractivity contribution in [2.75, 3.05) is 0 Å². The molecule has 2 N–H and O–H groups in total. The van der Waals surface area contributed by atoms with Gasteiger partial charge in [0.25, 0.3) is 28.7 Å². The number of hydrogen-bond acceptors (Lipinski definition) is 15. The molecule has 4 atom stereocenters. The zero-order valence-corrected chi connectivity index (χ0v) is 55.5. The maximum atomic E-state index is 13.2. The largest absolute Gasteiger partial charge is 1.00 e. The Morgan fingerprint density at radius 3 is 0.908 bits per heavy atom. The van der Waals surface area contributed by atoms with E-state index in [0.29, 0.717) is 4.57 Å². The summed E-state index contributed by atoms with van der Waals surface area (Å²) in [6.07, 6.45) is -13.5. The summed E-state index contributed by atoms with van der Waals surface area (Å²) in [5.41, 5.74) is -7.69. The second-order valence-electron chi connectivity index (χ2n) is 18.2. The summed E-state index contributed by atoms with van der Waals surface area (Å²) in [5, 5.41) is 8.43. The van der Waals surface area contributed by atoms with Gasteiger partial charge in [0.15, 0.2) is 44.7 Å². The van der Waals surface area contributed by atoms with Crippen LogP contribution in [0, 0.1) is 0 Å². The number of halogens is 4. The standard InChI is InChI=1S/4C13H19FN4O2.CH2O3.2K.H2O.H/c4*1-9(14)6-4-5-7-18-12(19)10-11(15-8-16(10)2)17(3)13(18)20;2-1-4-3;;;;/h4*8-9H,4-7H2,1-3H3;1,3H;;;1H2;/q;;;;;2*+1;;-1/p-1/t2*9-;;;;;;;/m10......./s1/i2*2D3,6D2;2D3,6D2,8D;2D3,6D2;;;;;. The van der Waals surface area contributed by atoms with Gasteiger partial charge in [0.1, 0.15) is 1.37 Å². The van der Waals surface area contributed by atoms with E-state index in [0.717, 1.165) is 96.9 Å². The zero-order chi connectivity index (χ0) is 80.9. The van der Waals surface area contributed by atoms with Crippen LogP contribution in [0.15, 0.2) is 63.6 Å². The smallest absolute Gasteiger partial charge is 1.00 e. The van der Waals surface area contributed by atoms with Gasteiger partial charge in [-0.05, 0) is 105 Å². The summed E-state index contributed by atoms with van der Waals surface area (Å²) >= 11 is 0. The number of carbonyl (C=O) groups is 1. The van der Waals surface area contributed by atoms with Gasteiger partial charge < -0.3 is 35.3 Å². The molecule has 28 nitrogen and oxygen atoms in total. The molecule has 0 aliphatic rings. The fraction of sp³-hybridized carbons (Fsp3) is 0.604. The van der Waals surface area contributed by atoms with Crippen LogP contribution >= 0.6 is 0 Å². The first-order chi connectivity index (χ1) is 47.8. The molecule has 0 bridgehead atoms. The Morgan fingerprint density at radius 2 is 0.701 bits per heavy atom. The third kappa shape index (κ3) is 20.8. The number of hydrogen-bond donors (Lipinski definition) is 0. The molecule has 0 aromatic carbocycles. The Balaban J connectivity index is 0.00000139. The summed E-state index contributed by atoms with van der Waals surface area (Å²) in [5.74, 6) is 0. The molecule has 34 heteroatoms. The van der Waals surface area contributed by atoms with Crippen molar-refractivity contribution in [3.8, 4) is 0 Å². The Morgan fingerprint density at radius 1 is 0.483 bits per heavy atom. The predicted molar refractivity (Wildman–Crippen MR) is 310 cm³/mol. The molecular weight excluding hydrogens is 1210 g/mol. The molecule has 474 valence electrons. The summed E-state index contributed by atoms with van der Waals surface area (Å²) in [4.78, 5) is 126. The molecule has 8 heterocycles. The molecule has 8 aromatic heterocycles. The van der Waals surface area contributed by atoms with Crippen LogP contribution in [0.25, 0.3) is 44.7 Å². The van der Waals surface area contributed by atoms with Crippen molar-refractivity contribution < 1.29 is 171 Å². The second kappa shape index (κ2) is 37.9. The quantitative estimate of drug-likeness (QED) is 0.0216. The number of aryl methyl sites for hydroxylation is 8. The second-order valence-corrected chi connectivity index (χ2v) is 18.2. The minimum absolute atomic E-state index is 0. The number of imidazole rings is 4. The summed E-state index contributed by atoms with van der Waals surface area (Å²) in [6, 6.07) is 0. The Hall–Kier alpha value is -5.02. The van der Waals surface area contributed by atoms with E-state index in [1.807, 2.05) is 0 Å². The molecule has 0 aliphatic carbocycles. The molecule has 0 fully saturated rings. The number of aromatic nitrogens is 16. The van der Waals surface area contributed by atoms with Crippen molar-refractivity contribution in [2.24, 2.45) is 56.1 Å². The average Bonchev–Trinajstić information content (AvgIpc) is 1.64. The van der Waals surface area contributed by atoms with Crippen LogP contribution in [-0.4, -0.2) is 111 Å². The summed E-state index contributed by atoms with van der Waals surface area (Å²) < 4.78 is 221. The van der Waals surface area contributed by atoms with Crippen molar-refractivity contribution in [1.29, 1.82) is 0 Å². The molecule has 0 radical (unpaired) electrons. The van der Waals surface area contributed by atoms with E-state index >= 15 is 0 Å². The van der Waals surface area contributed by atoms with E-state index < -0.39 is 135 Å². The molecule has 2 unspecified atom stereocenters. The van der Waals surface area contributed by atoms with E-state index in [1.54, 1.807) is 0 Å². The van der Waals surface area contributed by atoms with E-state index in [1.165, 1.54) is 28.2 Å². The molecule has 8 rings (SSSR count). The number of alkyl halides is 4. The number of nitrogens with zero attached hydrogens (tertiary/aromatic N) is 16. The Bertz CT molecular complexity index is 4580. The third-order valence-electron chi connectivity index (χ3n) is 12.0. The van der Waals surface area contributed by atoms with Crippen LogP contribution in [-0.2, 0) is 92.0 Å². The van der Waals surface area contributed by atoms with Crippen molar-refractivity contribution >= 4 is 51.1 Å². The van der Waals surface area contributed by atoms with Gasteiger partial charge in [0.05, 0.1) is 50.0 Å². The average molecular weight is 1310 g/mol. The predicted octanol–water partition coefficient (Wildman–Crippen LogP) is -4.42. The number of carbonyl (C=O) groups excluding carboxylic acids is 1. The van der Waals surface area contributed by atoms with Gasteiger partial charge in [-0.3, -0.25) is 60.5 Å². The van der Waals surface area contributed by atoms with Crippen LogP contribution in [0.5, 0.6) is 0 Å². The minimum atomic E-state index is -2.83. The van der Waals surface area contributed by atoms with E-state index in [-0.39, 0.29) is 233 Å². The van der Waals surface area contributed by atoms with Gasteiger partial charge in [-0.15, -0.1) is 0 Å². The fourth-order valence-electron chi connectivity index (χ4n) is 7.96. The van der Waals surface area contributed by atoms with Gasteiger partial charge in [0, 0.05) is 110 Å². The number of fused-ring (bicyclic) bond motifs is 4. The van der Waals surface area contributed by atoms with Crippen molar-refractivity contribution in [2.45, 2.75) is 155 Å². The van der Waals surface area contributed by atoms with E-state index in [4.69, 9.17) is 38.8 Å². The first-order valence-corrected chi connectivity index (χ1v) is 25.3. The van der Waals surface area contributed by atoms with E-state index in [2.05, 4.69) is 24.8 Å². The van der Waals surface area contributed by atoms with Crippen LogP contribution in [0.1, 0.15) is 135 Å². The molecule has 0 aliphatic heterocycles. The summed E-state index contributed by atoms with van der Waals surface area (Å²) in [6.45, 7) is -7.20. The van der Waals surface area contributed by atoms with Crippen LogP contribution < -0.4 is 153 Å². The Kier molecular flexibility index (Phi) is 22.1. The number of rotatable bonds is 21. The molecule has 0 spiro atoms. The van der Waals surface area contributed by atoms with Gasteiger partial charge in [-0.25, -0.2) is 56.7 Å². The van der Waals surface area contributed by atoms with Crippen molar-refractivity contribution in [3.05, 3.63) is 109 Å². The molecule has 8 aromatic rings. The fourth-order valence-corrected chi connectivity index (χ4v) is 7.96. The maximum Gasteiger partial charge on any atom is 1.00 e. The van der Waals surface area contributed by atoms with Crippen LogP contribution in [0.2, 0.25) is 0 Å². The molecule has 0 saturated carbocycles. The Labute approximate surface area is 612 Å². The molecule has 0 amide bonds. The van der Waals surface area contributed by atoms with E-state index in [9.17, 15) is 55.9 Å². The minimum Gasteiger partial charge on any atom is -1.00 e. The van der Waals surface area contributed by atoms with Gasteiger partial charge in [-0.2, -0.15) is 0 Å². The SMILES string of the molecule is O.O=CO[O-].[2H]C([2H])(CCCn1c(=O)c2c(ncn2C([2H])([2H])[2H])n(C)c1=O)C(C)F.[2H]C([2H])(CCCn1c(=O)c2c(ncn2C([2H])([2H])[2H])n(C)c1=O)[C@@H](C)F.[2H]C([2H])(CCCn1c(=O)c2c(ncn2C([2H])([2H])[2H])n(C)c1=O)[C@H](C)F.[2H]c1nc2c(c(=O)n(CCCC([2H])([2H])C(C)F)c(=O)n2C)n1C([2H])([2H])[2H].[H-].[K+].[K+]. The van der Waals surface area contributed by atoms with Gasteiger partial charge in [0.2, 0.25) is 0 Å². The summed E-state index contributed by atoms with van der Waals surface area (Å²) in [7, 11) is 5.38. The first-order valence-electron chi connectivity index (χ1n) is 35.8. The maximum absolute atomic E-state index is 13.2. The molecular formula is C53H80F4K2N16O12. The van der Waals surface area contributed by atoms with Crippen molar-refractivity contribution in [1.82, 2.24) is 74.7 Å². The first kappa shape index (κ1) is 50.7. The zero-order valence-electron chi connectivity index (χ0n) is 71.3. The van der Waals surface area contributed by atoms with Crippen LogP contribution in [0.3, 0.4) is 0 Å². The molecule has 87 heavy (non-hydrogen) atoms. The van der Waals surface area contributed by atoms with Crippen LogP contribution in [0.4, 0.5) is 17.6 Å². The normalized spacial score (nSPS) is 17.0. The van der Waals surface area contributed by atoms with Gasteiger partial charge in [-0.1, -0.05) is 0 Å². The van der Waals surface area contributed by atoms with Crippen molar-refractivity contribution in [3.63, 3.8) is 0 Å². The van der Waals surface area contributed by atoms with Gasteiger partial charge >= 0.3 is 126 Å². The monoisotopic (exact) mass is 1310 g/mol. The molecule has 0 saturated heterocycles.